The first-order chi connectivity index (χ1) is 10.5. The number of benzene rings is 1. The minimum Gasteiger partial charge on any atom is -0.489 e. The summed E-state index contributed by atoms with van der Waals surface area (Å²) in [6, 6.07) is 8.27. The third-order valence-corrected chi connectivity index (χ3v) is 3.01. The Morgan fingerprint density at radius 1 is 1.23 bits per heavy atom. The summed E-state index contributed by atoms with van der Waals surface area (Å²) in [5.41, 5.74) is 1.23. The Labute approximate surface area is 134 Å². The maximum atomic E-state index is 5.86. The molecular weight excluding hydrogens is 278 g/mol. The second-order valence-corrected chi connectivity index (χ2v) is 5.46. The third-order valence-electron chi connectivity index (χ3n) is 3.01. The number of nitrogens with one attached hydrogen (secondary N) is 2. The molecule has 22 heavy (non-hydrogen) atoms. The van der Waals surface area contributed by atoms with Crippen molar-refractivity contribution in [1.29, 1.82) is 0 Å². The van der Waals surface area contributed by atoms with E-state index in [9.17, 15) is 0 Å². The van der Waals surface area contributed by atoms with Gasteiger partial charge in [-0.05, 0) is 39.8 Å². The van der Waals surface area contributed by atoms with Gasteiger partial charge >= 0.3 is 0 Å². The van der Waals surface area contributed by atoms with E-state index in [-0.39, 0.29) is 12.1 Å². The first-order valence-corrected chi connectivity index (χ1v) is 7.82. The molecule has 0 spiro atoms. The summed E-state index contributed by atoms with van der Waals surface area (Å²) < 4.78 is 11.0. The van der Waals surface area contributed by atoms with Crippen LogP contribution in [0.1, 0.15) is 26.3 Å². The van der Waals surface area contributed by atoms with Gasteiger partial charge in [-0.15, -0.1) is 0 Å². The smallest absolute Gasteiger partial charge is 0.191 e. The third kappa shape index (κ3) is 7.31. The Kier molecular flexibility index (Phi) is 8.36. The minimum atomic E-state index is 0.0101. The van der Waals surface area contributed by atoms with Crippen molar-refractivity contribution in [2.75, 3.05) is 26.8 Å². The molecule has 1 aromatic carbocycles. The molecule has 124 valence electrons. The van der Waals surface area contributed by atoms with Gasteiger partial charge in [0.15, 0.2) is 5.96 Å². The van der Waals surface area contributed by atoms with Gasteiger partial charge in [-0.1, -0.05) is 17.7 Å². The van der Waals surface area contributed by atoms with Crippen molar-refractivity contribution in [3.63, 3.8) is 0 Å². The maximum Gasteiger partial charge on any atom is 0.191 e. The van der Waals surface area contributed by atoms with Gasteiger partial charge in [0.05, 0.1) is 13.2 Å². The van der Waals surface area contributed by atoms with Crippen molar-refractivity contribution in [3.8, 4) is 5.75 Å². The lowest BCUT2D eigenvalue weighted by Gasteiger charge is -2.18. The van der Waals surface area contributed by atoms with E-state index in [1.165, 1.54) is 5.56 Å². The van der Waals surface area contributed by atoms with E-state index in [1.807, 2.05) is 38.1 Å². The molecule has 0 bridgehead atoms. The molecule has 0 aliphatic heterocycles. The van der Waals surface area contributed by atoms with Crippen molar-refractivity contribution >= 4 is 5.96 Å². The number of nitrogens with zero attached hydrogens (tertiary/aromatic N) is 1. The van der Waals surface area contributed by atoms with Crippen molar-refractivity contribution in [2.24, 2.45) is 4.99 Å². The molecule has 0 aliphatic rings. The Hall–Kier alpha value is -1.75. The first kappa shape index (κ1) is 18.3. The van der Waals surface area contributed by atoms with Gasteiger partial charge in [0.25, 0.3) is 0 Å². The summed E-state index contributed by atoms with van der Waals surface area (Å²) in [6.45, 7) is 10.2. The van der Waals surface area contributed by atoms with Crippen molar-refractivity contribution in [1.82, 2.24) is 10.6 Å². The van der Waals surface area contributed by atoms with E-state index in [2.05, 4.69) is 29.5 Å². The number of aliphatic imine (C=N–C) groups is 1. The summed E-state index contributed by atoms with van der Waals surface area (Å²) in [5, 5.41) is 6.53. The average Bonchev–Trinajstić information content (AvgIpc) is 2.48. The molecule has 0 heterocycles. The number of ether oxygens (including phenoxy) is 2. The molecule has 2 atom stereocenters. The van der Waals surface area contributed by atoms with Crippen LogP contribution in [-0.2, 0) is 4.74 Å². The molecule has 0 amide bonds. The van der Waals surface area contributed by atoms with Gasteiger partial charge in [0.1, 0.15) is 11.9 Å². The number of guanidine groups is 1. The lowest BCUT2D eigenvalue weighted by Crippen LogP contribution is -2.44. The molecule has 0 saturated carbocycles. The van der Waals surface area contributed by atoms with Crippen molar-refractivity contribution < 1.29 is 9.47 Å². The minimum absolute atomic E-state index is 0.0101. The van der Waals surface area contributed by atoms with E-state index < -0.39 is 0 Å². The normalized spacial score (nSPS) is 14.3. The second-order valence-electron chi connectivity index (χ2n) is 5.46. The zero-order valence-corrected chi connectivity index (χ0v) is 14.3. The average molecular weight is 307 g/mol. The van der Waals surface area contributed by atoms with Crippen molar-refractivity contribution in [2.45, 2.75) is 39.8 Å². The molecule has 0 radical (unpaired) electrons. The van der Waals surface area contributed by atoms with Gasteiger partial charge in [0, 0.05) is 19.7 Å². The highest BCUT2D eigenvalue weighted by Gasteiger charge is 2.07. The number of aryl methyl sites for hydroxylation is 1. The van der Waals surface area contributed by atoms with Gasteiger partial charge in [-0.2, -0.15) is 0 Å². The Morgan fingerprint density at radius 3 is 2.50 bits per heavy atom. The summed E-state index contributed by atoms with van der Waals surface area (Å²) >= 11 is 0. The lowest BCUT2D eigenvalue weighted by atomic mass is 10.2. The molecule has 0 aromatic heterocycles. The molecular formula is C17H29N3O2. The SMILES string of the molecule is CCNC(=NCC(C)Oc1ccc(C)cc1)NC(C)COC. The fraction of sp³-hybridized carbons (Fsp3) is 0.588. The standard InChI is InChI=1S/C17H29N3O2/c1-6-18-17(20-14(3)12-21-5)19-11-15(4)22-16-9-7-13(2)8-10-16/h7-10,14-15H,6,11-12H2,1-5H3,(H2,18,19,20). The van der Waals surface area contributed by atoms with Crippen molar-refractivity contribution in [3.05, 3.63) is 29.8 Å². The summed E-state index contributed by atoms with van der Waals surface area (Å²) in [6.07, 6.45) is 0.0101. The molecule has 2 N–H and O–H groups in total. The number of methoxy groups -OCH3 is 1. The number of hydrogen-bond acceptors (Lipinski definition) is 3. The van der Waals surface area contributed by atoms with Crippen LogP contribution in [0, 0.1) is 6.92 Å². The van der Waals surface area contributed by atoms with Crippen LogP contribution in [-0.4, -0.2) is 44.9 Å². The fourth-order valence-corrected chi connectivity index (χ4v) is 1.95. The Bertz CT molecular complexity index is 446. The zero-order valence-electron chi connectivity index (χ0n) is 14.3. The van der Waals surface area contributed by atoms with Gasteiger partial charge in [0.2, 0.25) is 0 Å². The largest absolute Gasteiger partial charge is 0.489 e. The van der Waals surface area contributed by atoms with Crippen LogP contribution in [0.25, 0.3) is 0 Å². The molecule has 1 aromatic rings. The van der Waals surface area contributed by atoms with E-state index in [0.29, 0.717) is 13.2 Å². The first-order valence-electron chi connectivity index (χ1n) is 7.82. The topological polar surface area (TPSA) is 54.9 Å². The monoisotopic (exact) mass is 307 g/mol. The van der Waals surface area contributed by atoms with E-state index in [0.717, 1.165) is 18.3 Å². The van der Waals surface area contributed by atoms with Gasteiger partial charge < -0.3 is 20.1 Å². The predicted octanol–water partition coefficient (Wildman–Crippen LogP) is 2.35. The fourth-order valence-electron chi connectivity index (χ4n) is 1.95. The van der Waals surface area contributed by atoms with Crippen LogP contribution in [0.3, 0.4) is 0 Å². The van der Waals surface area contributed by atoms with Crippen LogP contribution in [0.4, 0.5) is 0 Å². The summed E-state index contributed by atoms with van der Waals surface area (Å²) in [7, 11) is 1.69. The molecule has 1 rings (SSSR count). The van der Waals surface area contributed by atoms with E-state index in [1.54, 1.807) is 7.11 Å². The number of hydrogen-bond donors (Lipinski definition) is 2. The van der Waals surface area contributed by atoms with Gasteiger partial charge in [-0.25, -0.2) is 4.99 Å². The van der Waals surface area contributed by atoms with E-state index >= 15 is 0 Å². The Balaban J connectivity index is 2.51. The molecule has 5 heteroatoms. The second kappa shape index (κ2) is 10.1. The zero-order chi connectivity index (χ0) is 16.4. The highest BCUT2D eigenvalue weighted by atomic mass is 16.5. The number of rotatable bonds is 8. The van der Waals surface area contributed by atoms with Crippen LogP contribution in [0.15, 0.2) is 29.3 Å². The quantitative estimate of drug-likeness (QED) is 0.572. The van der Waals surface area contributed by atoms with E-state index in [4.69, 9.17) is 9.47 Å². The predicted molar refractivity (Wildman–Crippen MR) is 91.7 cm³/mol. The molecule has 0 saturated heterocycles. The highest BCUT2D eigenvalue weighted by molar-refractivity contribution is 5.80. The van der Waals surface area contributed by atoms with Crippen LogP contribution in [0.2, 0.25) is 0 Å². The molecule has 0 fully saturated rings. The van der Waals surface area contributed by atoms with Crippen LogP contribution in [0.5, 0.6) is 5.75 Å². The molecule has 5 nitrogen and oxygen atoms in total. The summed E-state index contributed by atoms with van der Waals surface area (Å²) in [5.74, 6) is 1.66. The van der Waals surface area contributed by atoms with Gasteiger partial charge in [-0.3, -0.25) is 0 Å². The lowest BCUT2D eigenvalue weighted by molar-refractivity contribution is 0.179. The summed E-state index contributed by atoms with van der Waals surface area (Å²) in [4.78, 5) is 4.56. The molecule has 2 unspecified atom stereocenters. The molecule has 0 aliphatic carbocycles. The highest BCUT2D eigenvalue weighted by Crippen LogP contribution is 2.13. The Morgan fingerprint density at radius 2 is 1.91 bits per heavy atom. The van der Waals surface area contributed by atoms with Crippen LogP contribution >= 0.6 is 0 Å². The van der Waals surface area contributed by atoms with Crippen LogP contribution < -0.4 is 15.4 Å². The maximum absolute atomic E-state index is 5.86.